The van der Waals surface area contributed by atoms with E-state index in [1.165, 1.54) is 4.90 Å². The predicted molar refractivity (Wildman–Crippen MR) is 91.5 cm³/mol. The highest BCUT2D eigenvalue weighted by Crippen LogP contribution is 2.28. The summed E-state index contributed by atoms with van der Waals surface area (Å²) in [7, 11) is 0. The second kappa shape index (κ2) is 5.83. The maximum absolute atomic E-state index is 12.6. The molecule has 114 valence electrons. The van der Waals surface area contributed by atoms with Crippen LogP contribution in [0.1, 0.15) is 17.8 Å². The van der Waals surface area contributed by atoms with Gasteiger partial charge in [0.05, 0.1) is 23.8 Å². The van der Waals surface area contributed by atoms with Crippen molar-refractivity contribution in [3.05, 3.63) is 45.3 Å². The average molecular weight is 409 g/mol. The molecule has 6 heteroatoms. The summed E-state index contributed by atoms with van der Waals surface area (Å²) in [4.78, 5) is 26.1. The van der Waals surface area contributed by atoms with Crippen molar-refractivity contribution in [2.24, 2.45) is 5.92 Å². The quantitative estimate of drug-likeness (QED) is 0.579. The zero-order valence-corrected chi connectivity index (χ0v) is 14.6. The van der Waals surface area contributed by atoms with Crippen LogP contribution >= 0.6 is 22.6 Å². The van der Waals surface area contributed by atoms with Gasteiger partial charge in [-0.2, -0.15) is 5.10 Å². The van der Waals surface area contributed by atoms with Crippen molar-refractivity contribution in [1.82, 2.24) is 9.78 Å². The number of imide groups is 1. The van der Waals surface area contributed by atoms with Gasteiger partial charge in [-0.1, -0.05) is 0 Å². The lowest BCUT2D eigenvalue weighted by atomic mass is 10.1. The van der Waals surface area contributed by atoms with Crippen molar-refractivity contribution in [2.45, 2.75) is 26.8 Å². The van der Waals surface area contributed by atoms with Crippen LogP contribution in [-0.4, -0.2) is 21.6 Å². The topological polar surface area (TPSA) is 55.2 Å². The van der Waals surface area contributed by atoms with Gasteiger partial charge in [0, 0.05) is 15.7 Å². The Labute approximate surface area is 142 Å². The van der Waals surface area contributed by atoms with Crippen LogP contribution in [0.15, 0.2) is 30.3 Å². The number of aromatic nitrogens is 2. The summed E-state index contributed by atoms with van der Waals surface area (Å²) in [5.41, 5.74) is 2.57. The molecule has 0 saturated carbocycles. The van der Waals surface area contributed by atoms with E-state index in [-0.39, 0.29) is 24.2 Å². The normalized spacial score (nSPS) is 18.3. The Kier molecular flexibility index (Phi) is 4.03. The van der Waals surface area contributed by atoms with Crippen LogP contribution in [0, 0.1) is 23.3 Å². The van der Waals surface area contributed by atoms with E-state index in [1.807, 2.05) is 48.9 Å². The second-order valence-electron chi connectivity index (χ2n) is 5.55. The number of carbonyl (C=O) groups excluding carboxylic acids is 2. The molecule has 1 fully saturated rings. The molecule has 22 heavy (non-hydrogen) atoms. The Bertz CT molecular complexity index is 736. The molecular formula is C16H16IN3O2. The fourth-order valence-corrected chi connectivity index (χ4v) is 3.13. The predicted octanol–water partition coefficient (Wildman–Crippen LogP) is 2.68. The summed E-state index contributed by atoms with van der Waals surface area (Å²) in [6.45, 7) is 4.33. The first-order valence-electron chi connectivity index (χ1n) is 7.09. The standard InChI is InChI=1S/C16H16IN3O2/c1-10-7-11(2)19(18-10)9-12-8-15(21)20(16(12)22)14-5-3-13(17)4-6-14/h3-7,12H,8-9H2,1-2H3. The number of aryl methyl sites for hydroxylation is 2. The van der Waals surface area contributed by atoms with Gasteiger partial charge in [-0.25, -0.2) is 0 Å². The molecular weight excluding hydrogens is 393 g/mol. The van der Waals surface area contributed by atoms with E-state index in [4.69, 9.17) is 0 Å². The smallest absolute Gasteiger partial charge is 0.239 e. The van der Waals surface area contributed by atoms with Gasteiger partial charge >= 0.3 is 0 Å². The molecule has 2 amide bonds. The number of carbonyl (C=O) groups is 2. The number of rotatable bonds is 3. The van der Waals surface area contributed by atoms with Gasteiger partial charge in [-0.3, -0.25) is 19.2 Å². The van der Waals surface area contributed by atoms with Crippen LogP contribution in [0.3, 0.4) is 0 Å². The molecule has 5 nitrogen and oxygen atoms in total. The van der Waals surface area contributed by atoms with Crippen LogP contribution in [0.4, 0.5) is 5.69 Å². The summed E-state index contributed by atoms with van der Waals surface area (Å²) in [5, 5.41) is 4.38. The van der Waals surface area contributed by atoms with E-state index in [2.05, 4.69) is 27.7 Å². The lowest BCUT2D eigenvalue weighted by molar-refractivity contribution is -0.122. The molecule has 1 aromatic heterocycles. The summed E-state index contributed by atoms with van der Waals surface area (Å²) in [6, 6.07) is 9.38. The van der Waals surface area contributed by atoms with Gasteiger partial charge in [-0.15, -0.1) is 0 Å². The molecule has 1 aromatic carbocycles. The summed E-state index contributed by atoms with van der Waals surface area (Å²) < 4.78 is 2.88. The van der Waals surface area contributed by atoms with Crippen molar-refractivity contribution >= 4 is 40.1 Å². The van der Waals surface area contributed by atoms with Gasteiger partial charge in [0.15, 0.2) is 0 Å². The minimum atomic E-state index is -0.343. The Morgan fingerprint density at radius 1 is 1.23 bits per heavy atom. The van der Waals surface area contributed by atoms with Crippen molar-refractivity contribution in [2.75, 3.05) is 4.90 Å². The van der Waals surface area contributed by atoms with Gasteiger partial charge in [0.2, 0.25) is 11.8 Å². The SMILES string of the molecule is Cc1cc(C)n(CC2CC(=O)N(c3ccc(I)cc3)C2=O)n1. The van der Waals surface area contributed by atoms with E-state index in [9.17, 15) is 9.59 Å². The van der Waals surface area contributed by atoms with Gasteiger partial charge in [0.1, 0.15) is 0 Å². The number of hydrogen-bond acceptors (Lipinski definition) is 3. The number of halogens is 1. The molecule has 1 saturated heterocycles. The Morgan fingerprint density at radius 3 is 2.50 bits per heavy atom. The number of anilines is 1. The molecule has 3 rings (SSSR count). The molecule has 1 aliphatic heterocycles. The largest absolute Gasteiger partial charge is 0.274 e. The molecule has 1 unspecified atom stereocenters. The molecule has 0 aliphatic carbocycles. The molecule has 0 radical (unpaired) electrons. The highest BCUT2D eigenvalue weighted by Gasteiger charge is 2.39. The molecule has 1 atom stereocenters. The van der Waals surface area contributed by atoms with Crippen molar-refractivity contribution in [3.8, 4) is 0 Å². The number of amides is 2. The Balaban J connectivity index is 1.82. The molecule has 1 aliphatic rings. The fourth-order valence-electron chi connectivity index (χ4n) is 2.77. The number of benzene rings is 1. The first kappa shape index (κ1) is 15.2. The van der Waals surface area contributed by atoms with E-state index in [0.29, 0.717) is 12.2 Å². The maximum atomic E-state index is 12.6. The fraction of sp³-hybridized carbons (Fsp3) is 0.312. The van der Waals surface area contributed by atoms with Crippen LogP contribution in [-0.2, 0) is 16.1 Å². The van der Waals surface area contributed by atoms with Crippen molar-refractivity contribution in [3.63, 3.8) is 0 Å². The monoisotopic (exact) mass is 409 g/mol. The van der Waals surface area contributed by atoms with Crippen molar-refractivity contribution < 1.29 is 9.59 Å². The minimum absolute atomic E-state index is 0.140. The highest BCUT2D eigenvalue weighted by molar-refractivity contribution is 14.1. The van der Waals surface area contributed by atoms with E-state index in [1.54, 1.807) is 0 Å². The molecule has 0 N–H and O–H groups in total. The third-order valence-electron chi connectivity index (χ3n) is 3.82. The molecule has 0 spiro atoms. The average Bonchev–Trinajstić information content (AvgIpc) is 2.92. The first-order valence-corrected chi connectivity index (χ1v) is 8.17. The van der Waals surface area contributed by atoms with Gasteiger partial charge < -0.3 is 0 Å². The Morgan fingerprint density at radius 2 is 1.91 bits per heavy atom. The first-order chi connectivity index (χ1) is 10.5. The van der Waals surface area contributed by atoms with Crippen LogP contribution in [0.25, 0.3) is 0 Å². The summed E-state index contributed by atoms with van der Waals surface area (Å²) in [6.07, 6.45) is 0.239. The highest BCUT2D eigenvalue weighted by atomic mass is 127. The van der Waals surface area contributed by atoms with Gasteiger partial charge in [0.25, 0.3) is 0 Å². The summed E-state index contributed by atoms with van der Waals surface area (Å²) >= 11 is 2.20. The Hall–Kier alpha value is -1.70. The second-order valence-corrected chi connectivity index (χ2v) is 6.80. The molecule has 2 heterocycles. The number of nitrogens with zero attached hydrogens (tertiary/aromatic N) is 3. The third kappa shape index (κ3) is 2.79. The number of hydrogen-bond donors (Lipinski definition) is 0. The van der Waals surface area contributed by atoms with Crippen molar-refractivity contribution in [1.29, 1.82) is 0 Å². The van der Waals surface area contributed by atoms with E-state index in [0.717, 1.165) is 15.0 Å². The lowest BCUT2D eigenvalue weighted by Gasteiger charge is -2.15. The van der Waals surface area contributed by atoms with Gasteiger partial charge in [-0.05, 0) is 66.8 Å². The summed E-state index contributed by atoms with van der Waals surface area (Å²) in [5.74, 6) is -0.624. The lowest BCUT2D eigenvalue weighted by Crippen LogP contribution is -2.31. The third-order valence-corrected chi connectivity index (χ3v) is 4.54. The van der Waals surface area contributed by atoms with E-state index < -0.39 is 0 Å². The zero-order chi connectivity index (χ0) is 15.9. The maximum Gasteiger partial charge on any atom is 0.239 e. The molecule has 0 bridgehead atoms. The minimum Gasteiger partial charge on any atom is -0.274 e. The van der Waals surface area contributed by atoms with Crippen LogP contribution < -0.4 is 4.90 Å². The van der Waals surface area contributed by atoms with Crippen LogP contribution in [0.5, 0.6) is 0 Å². The zero-order valence-electron chi connectivity index (χ0n) is 12.4. The molecule has 2 aromatic rings. The van der Waals surface area contributed by atoms with E-state index >= 15 is 0 Å². The van der Waals surface area contributed by atoms with Crippen LogP contribution in [0.2, 0.25) is 0 Å².